The van der Waals surface area contributed by atoms with Crippen molar-refractivity contribution in [1.82, 2.24) is 0 Å². The molecule has 0 saturated heterocycles. The van der Waals surface area contributed by atoms with Gasteiger partial charge in [0, 0.05) is 0 Å². The van der Waals surface area contributed by atoms with Crippen LogP contribution in [0.2, 0.25) is 0 Å². The van der Waals surface area contributed by atoms with Crippen molar-refractivity contribution < 1.29 is 26.2 Å². The summed E-state index contributed by atoms with van der Waals surface area (Å²) in [6.45, 7) is 10.1. The molecule has 0 unspecified atom stereocenters. The SMILES string of the molecule is CC1=CC[C-]=C1.C[CH-]C.C[CH-]C.[Zr+4].c1ccc2[cH-]ccc2c1. The van der Waals surface area contributed by atoms with Gasteiger partial charge in [0.1, 0.15) is 0 Å². The van der Waals surface area contributed by atoms with E-state index >= 15 is 0 Å². The zero-order chi connectivity index (χ0) is 15.9. The van der Waals surface area contributed by atoms with Gasteiger partial charge in [-0.3, -0.25) is 6.08 Å². The Kier molecular flexibility index (Phi) is 17.7. The van der Waals surface area contributed by atoms with Crippen molar-refractivity contribution in [3.05, 3.63) is 79.1 Å². The second-order valence-electron chi connectivity index (χ2n) is 4.81. The molecule has 0 heterocycles. The third kappa shape index (κ3) is 11.8. The maximum atomic E-state index is 3.05. The molecule has 0 amide bonds. The second-order valence-corrected chi connectivity index (χ2v) is 4.81. The molecule has 2 aromatic rings. The maximum Gasteiger partial charge on any atom is 4.00 e. The summed E-state index contributed by atoms with van der Waals surface area (Å²) in [5.41, 5.74) is 1.34. The summed E-state index contributed by atoms with van der Waals surface area (Å²) in [5.74, 6) is 0. The van der Waals surface area contributed by atoms with E-state index in [-0.39, 0.29) is 26.2 Å². The van der Waals surface area contributed by atoms with E-state index in [1.807, 2.05) is 46.6 Å². The van der Waals surface area contributed by atoms with Crippen LogP contribution in [-0.2, 0) is 26.2 Å². The van der Waals surface area contributed by atoms with Crippen LogP contribution in [0.1, 0.15) is 41.0 Å². The van der Waals surface area contributed by atoms with Crippen molar-refractivity contribution in [3.8, 4) is 0 Å². The fourth-order valence-electron chi connectivity index (χ4n) is 1.57. The van der Waals surface area contributed by atoms with Crippen molar-refractivity contribution in [3.63, 3.8) is 0 Å². The minimum Gasteiger partial charge on any atom is -0.335 e. The van der Waals surface area contributed by atoms with E-state index in [2.05, 4.69) is 61.5 Å². The Hall–Kier alpha value is -0.807. The van der Waals surface area contributed by atoms with Crippen LogP contribution in [0.4, 0.5) is 0 Å². The molecular weight excluding hydrogens is 343 g/mol. The van der Waals surface area contributed by atoms with Gasteiger partial charge in [0.05, 0.1) is 0 Å². The first kappa shape index (κ1) is 23.5. The van der Waals surface area contributed by atoms with Crippen molar-refractivity contribution in [2.24, 2.45) is 0 Å². The normalized spacial score (nSPS) is 10.9. The average Bonchev–Trinajstić information content (AvgIpc) is 3.12. The second kappa shape index (κ2) is 16.6. The zero-order valence-corrected chi connectivity index (χ0v) is 17.0. The summed E-state index contributed by atoms with van der Waals surface area (Å²) >= 11 is 0. The Labute approximate surface area is 156 Å². The first-order valence-electron chi connectivity index (χ1n) is 7.51. The number of benzene rings is 1. The predicted octanol–water partition coefficient (Wildman–Crippen LogP) is 6.71. The van der Waals surface area contributed by atoms with E-state index in [9.17, 15) is 0 Å². The molecule has 0 fully saturated rings. The Bertz CT molecular complexity index is 482. The third-order valence-electron chi connectivity index (χ3n) is 2.42. The van der Waals surface area contributed by atoms with Gasteiger partial charge in [0.15, 0.2) is 0 Å². The number of hydrogen-bond donors (Lipinski definition) is 0. The summed E-state index contributed by atoms with van der Waals surface area (Å²) in [4.78, 5) is 0. The van der Waals surface area contributed by atoms with E-state index in [4.69, 9.17) is 0 Å². The average molecular weight is 372 g/mol. The first-order valence-corrected chi connectivity index (χ1v) is 7.51. The minimum atomic E-state index is 0. The van der Waals surface area contributed by atoms with Gasteiger partial charge in [-0.05, 0) is 0 Å². The van der Waals surface area contributed by atoms with Crippen LogP contribution >= 0.6 is 0 Å². The molecule has 2 aromatic carbocycles. The molecule has 0 aliphatic heterocycles. The zero-order valence-electron chi connectivity index (χ0n) is 14.6. The summed E-state index contributed by atoms with van der Waals surface area (Å²) in [7, 11) is 0. The molecule has 1 aliphatic carbocycles. The Morgan fingerprint density at radius 2 is 1.59 bits per heavy atom. The third-order valence-corrected chi connectivity index (χ3v) is 2.42. The molecule has 1 aliphatic rings. The number of fused-ring (bicyclic) bond motifs is 1. The molecule has 0 aromatic heterocycles. The van der Waals surface area contributed by atoms with E-state index in [0.29, 0.717) is 0 Å². The minimum absolute atomic E-state index is 0. The van der Waals surface area contributed by atoms with Gasteiger partial charge in [0.2, 0.25) is 0 Å². The van der Waals surface area contributed by atoms with E-state index in [1.54, 1.807) is 0 Å². The molecule has 0 radical (unpaired) electrons. The molecule has 0 spiro atoms. The molecule has 0 nitrogen and oxygen atoms in total. The van der Waals surface area contributed by atoms with Crippen LogP contribution in [0.15, 0.2) is 60.2 Å². The van der Waals surface area contributed by atoms with Crippen molar-refractivity contribution in [2.45, 2.75) is 41.0 Å². The standard InChI is InChI=1S/C9H7.C6H7.2C3H7.Zr/c1-2-5-9-7-3-6-8(9)4-1;1-6-4-2-3-5-6;2*1-3-2;/h1-7H;4-5H,2H2,1H3;2*3H,1-2H3;/q4*-1;+4. The first-order chi connectivity index (χ1) is 10.2. The van der Waals surface area contributed by atoms with Crippen molar-refractivity contribution >= 4 is 10.8 Å². The van der Waals surface area contributed by atoms with Crippen LogP contribution < -0.4 is 0 Å². The molecule has 0 saturated carbocycles. The van der Waals surface area contributed by atoms with E-state index < -0.39 is 0 Å². The van der Waals surface area contributed by atoms with Crippen LogP contribution in [0.25, 0.3) is 10.8 Å². The van der Waals surface area contributed by atoms with E-state index in [0.717, 1.165) is 6.42 Å². The summed E-state index contributed by atoms with van der Waals surface area (Å²) in [6, 6.07) is 14.7. The summed E-state index contributed by atoms with van der Waals surface area (Å²) in [5, 5.41) is 2.66. The van der Waals surface area contributed by atoms with Crippen LogP contribution in [0, 0.1) is 18.9 Å². The van der Waals surface area contributed by atoms with Crippen LogP contribution in [-0.4, -0.2) is 0 Å². The topological polar surface area (TPSA) is 0 Å². The van der Waals surface area contributed by atoms with Crippen molar-refractivity contribution in [1.29, 1.82) is 0 Å². The van der Waals surface area contributed by atoms with Gasteiger partial charge in [-0.25, -0.2) is 11.6 Å². The molecule has 0 bridgehead atoms. The number of rotatable bonds is 0. The Morgan fingerprint density at radius 3 is 2.00 bits per heavy atom. The molecular formula is C21H28Zr. The number of allylic oxidation sites excluding steroid dienone is 4. The van der Waals surface area contributed by atoms with Gasteiger partial charge in [-0.1, -0.05) is 6.07 Å². The molecule has 0 N–H and O–H groups in total. The van der Waals surface area contributed by atoms with Gasteiger partial charge in [-0.2, -0.15) is 51.3 Å². The van der Waals surface area contributed by atoms with Crippen molar-refractivity contribution in [2.75, 3.05) is 0 Å². The van der Waals surface area contributed by atoms with Gasteiger partial charge in [-0.15, -0.1) is 43.0 Å². The fraction of sp³-hybridized carbons (Fsp3) is 0.286. The Balaban J connectivity index is 0. The smallest absolute Gasteiger partial charge is 0.335 e. The van der Waals surface area contributed by atoms with Gasteiger partial charge < -0.3 is 12.8 Å². The molecule has 3 rings (SSSR count). The van der Waals surface area contributed by atoms with Gasteiger partial charge >= 0.3 is 26.2 Å². The quantitative estimate of drug-likeness (QED) is 0.451. The maximum absolute atomic E-state index is 3.05. The fourth-order valence-corrected chi connectivity index (χ4v) is 1.57. The van der Waals surface area contributed by atoms with Crippen LogP contribution in [0.3, 0.4) is 0 Å². The largest absolute Gasteiger partial charge is 4.00 e. The van der Waals surface area contributed by atoms with Gasteiger partial charge in [0.25, 0.3) is 0 Å². The summed E-state index contributed by atoms with van der Waals surface area (Å²) < 4.78 is 0. The van der Waals surface area contributed by atoms with Crippen LogP contribution in [0.5, 0.6) is 0 Å². The Morgan fingerprint density at radius 1 is 1.00 bits per heavy atom. The molecule has 116 valence electrons. The van der Waals surface area contributed by atoms with E-state index in [1.165, 1.54) is 16.3 Å². The molecule has 1 heteroatoms. The molecule has 0 atom stereocenters. The number of hydrogen-bond acceptors (Lipinski definition) is 0. The monoisotopic (exact) mass is 370 g/mol. The molecule has 22 heavy (non-hydrogen) atoms. The predicted molar refractivity (Wildman–Crippen MR) is 97.0 cm³/mol. The summed E-state index contributed by atoms with van der Waals surface area (Å²) in [6.07, 6.45) is 12.2.